The van der Waals surface area contributed by atoms with Crippen molar-refractivity contribution < 1.29 is 0 Å². The van der Waals surface area contributed by atoms with E-state index in [2.05, 4.69) is 41.4 Å². The first kappa shape index (κ1) is 28.8. The van der Waals surface area contributed by atoms with E-state index in [9.17, 15) is 0 Å². The molecule has 1 N–H and O–H groups in total. The lowest BCUT2D eigenvalue weighted by Gasteiger charge is -2.42. The minimum absolute atomic E-state index is 0.580. The van der Waals surface area contributed by atoms with E-state index in [1.54, 1.807) is 0 Å². The molecule has 0 aliphatic carbocycles. The van der Waals surface area contributed by atoms with Gasteiger partial charge in [0.2, 0.25) is 0 Å². The van der Waals surface area contributed by atoms with Crippen LogP contribution in [-0.2, 0) is 0 Å². The smallest absolute Gasteiger partial charge is 0.161 e. The van der Waals surface area contributed by atoms with Gasteiger partial charge in [0, 0.05) is 28.9 Å². The normalized spacial score (nSPS) is 19.5. The fraction of sp³-hybridized carbons (Fsp3) is 0. The highest BCUT2D eigenvalue weighted by atomic mass is 16.5. The molecular weight excluding hydrogens is 601 g/mol. The van der Waals surface area contributed by atoms with E-state index in [4.69, 9.17) is 9.98 Å². The number of H-pyrrole nitrogens is 1. The van der Waals surface area contributed by atoms with E-state index in [0.717, 1.165) is 61.2 Å². The molecule has 1 atom stereocenters. The second-order valence-electron chi connectivity index (χ2n) is 12.3. The number of aromatic amines is 1. The lowest BCUT2D eigenvalue weighted by atomic mass is 9.88. The average molecular weight is 631 g/mol. The summed E-state index contributed by atoms with van der Waals surface area (Å²) in [6.07, 6.45) is 14.0. The predicted molar refractivity (Wildman–Crippen MR) is 202 cm³/mol. The standard InChI is InChI=1S/C44H30N4O/c49-48(38-19-11-4-12-20-38)40-29-37-24-23-34(46-37)27-33-21-22-35(45-33)28-36-25-26-39(47-36)41(30-13-5-1-6-14-30)44(48)43(32-17-9-3-10-18-32)42(40)31-15-7-2-8-16-31/h1-29,45H. The molecule has 1 aromatic heterocycles. The van der Waals surface area contributed by atoms with Crippen molar-refractivity contribution in [2.75, 3.05) is 0 Å². The second-order valence-corrected chi connectivity index (χ2v) is 12.3. The molecule has 0 spiro atoms. The van der Waals surface area contributed by atoms with Gasteiger partial charge in [0.1, 0.15) is 5.69 Å². The van der Waals surface area contributed by atoms with Crippen LogP contribution in [0.4, 0.5) is 5.69 Å². The van der Waals surface area contributed by atoms with Crippen LogP contribution in [0.5, 0.6) is 0 Å². The van der Waals surface area contributed by atoms with Crippen LogP contribution in [0.1, 0.15) is 16.7 Å². The van der Waals surface area contributed by atoms with E-state index in [1.807, 2.05) is 140 Å². The Morgan fingerprint density at radius 1 is 0.469 bits per heavy atom. The van der Waals surface area contributed by atoms with Gasteiger partial charge < -0.3 is 10.2 Å². The van der Waals surface area contributed by atoms with Crippen LogP contribution >= 0.6 is 0 Å². The number of para-hydroxylation sites is 1. The van der Waals surface area contributed by atoms with Gasteiger partial charge in [-0.25, -0.2) is 9.98 Å². The Morgan fingerprint density at radius 3 is 1.59 bits per heavy atom. The van der Waals surface area contributed by atoms with Crippen molar-refractivity contribution in [2.45, 2.75) is 0 Å². The van der Waals surface area contributed by atoms with Crippen molar-refractivity contribution in [3.63, 3.8) is 0 Å². The third-order valence-corrected chi connectivity index (χ3v) is 9.16. The quantitative estimate of drug-likeness (QED) is 0.158. The number of nitrogens with one attached hydrogen (secondary N) is 1. The maximum Gasteiger partial charge on any atom is 0.161 e. The van der Waals surface area contributed by atoms with Gasteiger partial charge in [-0.2, -0.15) is 0 Å². The third kappa shape index (κ3) is 4.97. The number of allylic oxidation sites excluding steroid dienone is 8. The lowest BCUT2D eigenvalue weighted by Crippen LogP contribution is -2.39. The highest BCUT2D eigenvalue weighted by Crippen LogP contribution is 2.56. The average Bonchev–Trinajstić information content (AvgIpc) is 3.95. The Hall–Kier alpha value is -6.40. The van der Waals surface area contributed by atoms with Crippen molar-refractivity contribution in [2.24, 2.45) is 9.98 Å². The molecule has 0 saturated carbocycles. The van der Waals surface area contributed by atoms with Crippen LogP contribution < -0.4 is 15.3 Å². The van der Waals surface area contributed by atoms with Crippen LogP contribution in [0.2, 0.25) is 0 Å². The Labute approximate surface area is 284 Å². The maximum absolute atomic E-state index is 16.7. The van der Waals surface area contributed by atoms with E-state index < -0.39 is 4.65 Å². The fourth-order valence-electron chi connectivity index (χ4n) is 7.04. The zero-order valence-electron chi connectivity index (χ0n) is 26.5. The molecule has 4 aliphatic heterocycles. The van der Waals surface area contributed by atoms with Crippen LogP contribution in [0, 0.1) is 5.21 Å². The predicted octanol–water partition coefficient (Wildman–Crippen LogP) is 8.25. The molecule has 1 unspecified atom stereocenters. The highest BCUT2D eigenvalue weighted by Gasteiger charge is 2.47. The number of aromatic nitrogens is 1. The summed E-state index contributed by atoms with van der Waals surface area (Å²) < 4.78 is -0.838. The molecule has 4 aromatic carbocycles. The maximum atomic E-state index is 16.7. The van der Waals surface area contributed by atoms with Crippen molar-refractivity contribution >= 4 is 46.0 Å². The van der Waals surface area contributed by atoms with Crippen molar-refractivity contribution in [1.29, 1.82) is 0 Å². The van der Waals surface area contributed by atoms with E-state index in [0.29, 0.717) is 22.8 Å². The number of hydroxylamine groups is 2. The molecule has 0 amide bonds. The SMILES string of the molecule is [O-][N+]1(c2ccccc2)C2=C(c3ccccc3)C(c3ccccc3)=C1C(c1ccccc1)=C1C=CC(=N1)C=c1ccc([nH]1)=CC1=NC(=C2)C=C1. The molecule has 8 bridgehead atoms. The van der Waals surface area contributed by atoms with Crippen LogP contribution in [-0.4, -0.2) is 16.4 Å². The number of hydrogen-bond donors (Lipinski definition) is 1. The Balaban J connectivity index is 1.51. The second kappa shape index (κ2) is 11.7. The van der Waals surface area contributed by atoms with Gasteiger partial charge >= 0.3 is 0 Å². The summed E-state index contributed by atoms with van der Waals surface area (Å²) in [4.78, 5) is 13.7. The number of aliphatic imine (C=N–C) groups is 2. The van der Waals surface area contributed by atoms with Gasteiger partial charge in [-0.15, -0.1) is 0 Å². The molecule has 4 aliphatic rings. The van der Waals surface area contributed by atoms with Gasteiger partial charge in [0.05, 0.1) is 39.5 Å². The van der Waals surface area contributed by atoms with Gasteiger partial charge in [0.25, 0.3) is 0 Å². The van der Waals surface area contributed by atoms with Gasteiger partial charge in [-0.05, 0) is 65.3 Å². The number of hydrogen-bond acceptors (Lipinski definition) is 3. The van der Waals surface area contributed by atoms with Crippen LogP contribution in [0.3, 0.4) is 0 Å². The van der Waals surface area contributed by atoms with Crippen LogP contribution in [0.25, 0.3) is 28.9 Å². The summed E-state index contributed by atoms with van der Waals surface area (Å²) >= 11 is 0. The van der Waals surface area contributed by atoms with E-state index in [1.165, 1.54) is 0 Å². The van der Waals surface area contributed by atoms with Crippen LogP contribution in [0.15, 0.2) is 197 Å². The Kier molecular flexibility index (Phi) is 6.87. The summed E-state index contributed by atoms with van der Waals surface area (Å²) in [7, 11) is 0. The summed E-state index contributed by atoms with van der Waals surface area (Å²) in [6.45, 7) is 0. The highest BCUT2D eigenvalue weighted by molar-refractivity contribution is 6.22. The number of nitrogens with zero attached hydrogens (tertiary/aromatic N) is 3. The first-order valence-electron chi connectivity index (χ1n) is 16.4. The van der Waals surface area contributed by atoms with Gasteiger partial charge in [-0.3, -0.25) is 4.65 Å². The molecule has 49 heavy (non-hydrogen) atoms. The number of fused-ring (bicyclic) bond motifs is 6. The molecule has 5 heterocycles. The van der Waals surface area contributed by atoms with Crippen molar-refractivity contribution in [1.82, 2.24) is 9.63 Å². The summed E-state index contributed by atoms with van der Waals surface area (Å²) in [5.41, 5.74) is 10.1. The minimum atomic E-state index is -0.838. The zero-order chi connectivity index (χ0) is 32.8. The number of benzene rings is 4. The first-order chi connectivity index (χ1) is 24.1. The summed E-state index contributed by atoms with van der Waals surface area (Å²) in [5, 5.41) is 18.6. The van der Waals surface area contributed by atoms with E-state index >= 15 is 5.21 Å². The molecule has 5 nitrogen and oxygen atoms in total. The van der Waals surface area contributed by atoms with Crippen molar-refractivity contribution in [3.8, 4) is 0 Å². The topological polar surface area (TPSA) is 63.6 Å². The Morgan fingerprint density at radius 2 is 0.980 bits per heavy atom. The van der Waals surface area contributed by atoms with E-state index in [-0.39, 0.29) is 0 Å². The Bertz CT molecular complexity index is 2510. The molecule has 0 fully saturated rings. The van der Waals surface area contributed by atoms with Gasteiger partial charge in [-0.1, -0.05) is 109 Å². The van der Waals surface area contributed by atoms with Gasteiger partial charge in [0.15, 0.2) is 11.4 Å². The first-order valence-corrected chi connectivity index (χ1v) is 16.4. The number of quaternary nitrogens is 1. The summed E-state index contributed by atoms with van der Waals surface area (Å²) in [6, 6.07) is 44.4. The number of rotatable bonds is 4. The van der Waals surface area contributed by atoms with Crippen molar-refractivity contribution in [3.05, 3.63) is 219 Å². The largest absolute Gasteiger partial charge is 0.616 e. The zero-order valence-corrected chi connectivity index (χ0v) is 26.5. The molecule has 5 aromatic rings. The molecule has 9 rings (SSSR count). The molecular formula is C44H30N4O. The fourth-order valence-corrected chi connectivity index (χ4v) is 7.04. The molecule has 0 saturated heterocycles. The third-order valence-electron chi connectivity index (χ3n) is 9.16. The lowest BCUT2D eigenvalue weighted by molar-refractivity contribution is 0.608. The molecule has 232 valence electrons. The molecule has 5 heteroatoms. The molecule has 0 radical (unpaired) electrons. The minimum Gasteiger partial charge on any atom is -0.616 e. The monoisotopic (exact) mass is 630 g/mol. The summed E-state index contributed by atoms with van der Waals surface area (Å²) in [5.74, 6) is 0.